The third kappa shape index (κ3) is 4.97. The van der Waals surface area contributed by atoms with Crippen molar-refractivity contribution in [3.8, 4) is 0 Å². The van der Waals surface area contributed by atoms with E-state index in [0.717, 1.165) is 23.0 Å². The van der Waals surface area contributed by atoms with E-state index in [4.69, 9.17) is 0 Å². The summed E-state index contributed by atoms with van der Waals surface area (Å²) in [5.74, 6) is -1.45. The van der Waals surface area contributed by atoms with Crippen molar-refractivity contribution in [1.29, 1.82) is 0 Å². The van der Waals surface area contributed by atoms with Crippen LogP contribution in [0.2, 0.25) is 0 Å². The van der Waals surface area contributed by atoms with E-state index in [1.165, 1.54) is 12.1 Å². The van der Waals surface area contributed by atoms with Gasteiger partial charge in [0.15, 0.2) is 0 Å². The number of anilines is 1. The zero-order chi connectivity index (χ0) is 22.6. The number of carbonyl (C=O) groups is 2. The Morgan fingerprint density at radius 3 is 2.23 bits per heavy atom. The Kier molecular flexibility index (Phi) is 7.12. The molecule has 166 valence electrons. The van der Waals surface area contributed by atoms with Gasteiger partial charge in [0.25, 0.3) is 5.91 Å². The molecule has 7 nitrogen and oxygen atoms in total. The van der Waals surface area contributed by atoms with E-state index in [1.807, 2.05) is 18.2 Å². The molecule has 0 saturated carbocycles. The average molecular weight is 444 g/mol. The predicted molar refractivity (Wildman–Crippen MR) is 121 cm³/mol. The van der Waals surface area contributed by atoms with Crippen molar-refractivity contribution in [2.75, 3.05) is 29.7 Å². The standard InChI is InChI=1S/C23H29N3O4S/c1-4-25(5-2)21(18-9-7-6-8-10-18)15-24-22(27)19-11-13-20(14-12-19)26-23(28)17(3)16-31(26,29)30/h6-14,17,21H,4-5,15-16H2,1-3H3,(H,24,27). The van der Waals surface area contributed by atoms with Crippen molar-refractivity contribution in [2.24, 2.45) is 5.92 Å². The van der Waals surface area contributed by atoms with Crippen LogP contribution in [0.1, 0.15) is 42.7 Å². The fourth-order valence-electron chi connectivity index (χ4n) is 3.92. The Morgan fingerprint density at radius 1 is 1.10 bits per heavy atom. The average Bonchev–Trinajstić information content (AvgIpc) is 2.98. The minimum Gasteiger partial charge on any atom is -0.350 e. The van der Waals surface area contributed by atoms with Crippen LogP contribution in [0.25, 0.3) is 0 Å². The van der Waals surface area contributed by atoms with Gasteiger partial charge in [-0.15, -0.1) is 0 Å². The fraction of sp³-hybridized carbons (Fsp3) is 0.391. The summed E-state index contributed by atoms with van der Waals surface area (Å²) < 4.78 is 25.4. The third-order valence-corrected chi connectivity index (χ3v) is 7.49. The van der Waals surface area contributed by atoms with E-state index in [-0.39, 0.29) is 23.4 Å². The van der Waals surface area contributed by atoms with E-state index in [9.17, 15) is 18.0 Å². The van der Waals surface area contributed by atoms with Crippen molar-refractivity contribution >= 4 is 27.5 Å². The van der Waals surface area contributed by atoms with Crippen LogP contribution >= 0.6 is 0 Å². The van der Waals surface area contributed by atoms with Gasteiger partial charge in [-0.2, -0.15) is 0 Å². The van der Waals surface area contributed by atoms with Crippen LogP contribution in [0.5, 0.6) is 0 Å². The highest BCUT2D eigenvalue weighted by Crippen LogP contribution is 2.28. The van der Waals surface area contributed by atoms with E-state index >= 15 is 0 Å². The van der Waals surface area contributed by atoms with Crippen LogP contribution in [0, 0.1) is 5.92 Å². The van der Waals surface area contributed by atoms with Crippen LogP contribution in [0.4, 0.5) is 5.69 Å². The lowest BCUT2D eigenvalue weighted by Crippen LogP contribution is -2.38. The predicted octanol–water partition coefficient (Wildman–Crippen LogP) is 2.81. The zero-order valence-electron chi connectivity index (χ0n) is 18.1. The number of likely N-dealkylation sites (N-methyl/N-ethyl adjacent to an activating group) is 1. The van der Waals surface area contributed by atoms with Crippen LogP contribution < -0.4 is 9.62 Å². The summed E-state index contributed by atoms with van der Waals surface area (Å²) in [6.45, 7) is 7.95. The maximum atomic E-state index is 12.7. The lowest BCUT2D eigenvalue weighted by Gasteiger charge is -2.30. The Morgan fingerprint density at radius 2 is 1.71 bits per heavy atom. The molecule has 2 aromatic rings. The first-order chi connectivity index (χ1) is 14.8. The molecule has 1 fully saturated rings. The number of rotatable bonds is 8. The molecule has 1 N–H and O–H groups in total. The first kappa shape index (κ1) is 23.0. The number of benzene rings is 2. The van der Waals surface area contributed by atoms with Gasteiger partial charge in [0, 0.05) is 12.1 Å². The molecule has 2 amide bonds. The number of hydrogen-bond donors (Lipinski definition) is 1. The molecule has 8 heteroatoms. The van der Waals surface area contributed by atoms with Gasteiger partial charge in [0.05, 0.1) is 23.4 Å². The van der Waals surface area contributed by atoms with Gasteiger partial charge < -0.3 is 5.32 Å². The maximum Gasteiger partial charge on any atom is 0.251 e. The maximum absolute atomic E-state index is 12.7. The van der Waals surface area contributed by atoms with Gasteiger partial charge in [-0.25, -0.2) is 12.7 Å². The topological polar surface area (TPSA) is 86.8 Å². The quantitative estimate of drug-likeness (QED) is 0.678. The number of amides is 2. The third-order valence-electron chi connectivity index (χ3n) is 5.62. The number of carbonyl (C=O) groups excluding carboxylic acids is 2. The number of sulfonamides is 1. The van der Waals surface area contributed by atoms with Gasteiger partial charge in [-0.05, 0) is 42.9 Å². The van der Waals surface area contributed by atoms with E-state index in [1.54, 1.807) is 19.1 Å². The minimum absolute atomic E-state index is 0.0493. The van der Waals surface area contributed by atoms with Crippen LogP contribution in [-0.4, -0.2) is 50.5 Å². The second-order valence-corrected chi connectivity index (χ2v) is 9.55. The molecule has 0 bridgehead atoms. The zero-order valence-corrected chi connectivity index (χ0v) is 18.9. The van der Waals surface area contributed by atoms with Crippen molar-refractivity contribution in [3.05, 3.63) is 65.7 Å². The largest absolute Gasteiger partial charge is 0.350 e. The van der Waals surface area contributed by atoms with Crippen molar-refractivity contribution in [2.45, 2.75) is 26.8 Å². The highest BCUT2D eigenvalue weighted by molar-refractivity contribution is 7.94. The summed E-state index contributed by atoms with van der Waals surface area (Å²) in [5.41, 5.74) is 1.80. The lowest BCUT2D eigenvalue weighted by molar-refractivity contribution is -0.119. The fourth-order valence-corrected chi connectivity index (χ4v) is 5.74. The van der Waals surface area contributed by atoms with Gasteiger partial charge >= 0.3 is 0 Å². The summed E-state index contributed by atoms with van der Waals surface area (Å²) in [7, 11) is -3.66. The van der Waals surface area contributed by atoms with E-state index in [2.05, 4.69) is 36.2 Å². The summed E-state index contributed by atoms with van der Waals surface area (Å²) in [6, 6.07) is 16.2. The second kappa shape index (κ2) is 9.62. The van der Waals surface area contributed by atoms with E-state index < -0.39 is 21.8 Å². The summed E-state index contributed by atoms with van der Waals surface area (Å²) in [6.07, 6.45) is 0. The summed E-state index contributed by atoms with van der Waals surface area (Å²) >= 11 is 0. The minimum atomic E-state index is -3.66. The van der Waals surface area contributed by atoms with E-state index in [0.29, 0.717) is 12.1 Å². The van der Waals surface area contributed by atoms with Crippen LogP contribution in [0.3, 0.4) is 0 Å². The van der Waals surface area contributed by atoms with Gasteiger partial charge in [0.1, 0.15) is 0 Å². The normalized spacial score (nSPS) is 18.9. The molecule has 2 unspecified atom stereocenters. The number of nitrogens with zero attached hydrogens (tertiary/aromatic N) is 2. The van der Waals surface area contributed by atoms with Gasteiger partial charge in [-0.1, -0.05) is 51.1 Å². The molecule has 1 aliphatic rings. The van der Waals surface area contributed by atoms with Crippen molar-refractivity contribution in [1.82, 2.24) is 10.2 Å². The second-order valence-electron chi connectivity index (χ2n) is 7.69. The Balaban J connectivity index is 1.72. The van der Waals surface area contributed by atoms with Crippen LogP contribution in [0.15, 0.2) is 54.6 Å². The first-order valence-electron chi connectivity index (χ1n) is 10.5. The molecule has 1 heterocycles. The molecular formula is C23H29N3O4S. The first-order valence-corrected chi connectivity index (χ1v) is 12.1. The van der Waals surface area contributed by atoms with Crippen LogP contribution in [-0.2, 0) is 14.8 Å². The van der Waals surface area contributed by atoms with Gasteiger partial charge in [0.2, 0.25) is 15.9 Å². The summed E-state index contributed by atoms with van der Waals surface area (Å²) in [4.78, 5) is 27.2. The monoisotopic (exact) mass is 443 g/mol. The molecule has 1 aliphatic heterocycles. The number of nitrogens with one attached hydrogen (secondary N) is 1. The van der Waals surface area contributed by atoms with Gasteiger partial charge in [-0.3, -0.25) is 14.5 Å². The molecule has 3 rings (SSSR count). The molecule has 1 saturated heterocycles. The molecule has 2 aromatic carbocycles. The Labute approximate surface area is 184 Å². The molecule has 0 aliphatic carbocycles. The lowest BCUT2D eigenvalue weighted by atomic mass is 10.0. The van der Waals surface area contributed by atoms with Crippen molar-refractivity contribution in [3.63, 3.8) is 0 Å². The molecular weight excluding hydrogens is 414 g/mol. The molecule has 2 atom stereocenters. The smallest absolute Gasteiger partial charge is 0.251 e. The summed E-state index contributed by atoms with van der Waals surface area (Å²) in [5, 5.41) is 2.99. The molecule has 0 aromatic heterocycles. The Bertz CT molecular complexity index is 1020. The highest BCUT2D eigenvalue weighted by atomic mass is 32.2. The van der Waals surface area contributed by atoms with Crippen molar-refractivity contribution < 1.29 is 18.0 Å². The SMILES string of the molecule is CCN(CC)C(CNC(=O)c1ccc(N2C(=O)C(C)CS2(=O)=O)cc1)c1ccccc1. The molecule has 0 spiro atoms. The number of hydrogen-bond acceptors (Lipinski definition) is 5. The molecule has 0 radical (unpaired) electrons. The highest BCUT2D eigenvalue weighted by Gasteiger charge is 2.41. The Hall–Kier alpha value is -2.71. The molecule has 31 heavy (non-hydrogen) atoms.